The lowest BCUT2D eigenvalue weighted by atomic mass is 10.2. The van der Waals surface area contributed by atoms with Crippen LogP contribution in [0.5, 0.6) is 0 Å². The SMILES string of the molecule is CC1CCN(S(=O)(=O)c2ccccc2Cl)C1. The Morgan fingerprint density at radius 3 is 2.62 bits per heavy atom. The van der Waals surface area contributed by atoms with E-state index in [4.69, 9.17) is 11.6 Å². The minimum absolute atomic E-state index is 0.214. The Hall–Kier alpha value is -0.580. The van der Waals surface area contributed by atoms with E-state index in [2.05, 4.69) is 6.92 Å². The van der Waals surface area contributed by atoms with Crippen LogP contribution in [-0.2, 0) is 10.0 Å². The van der Waals surface area contributed by atoms with Crippen molar-refractivity contribution in [3.05, 3.63) is 29.3 Å². The summed E-state index contributed by atoms with van der Waals surface area (Å²) in [5.74, 6) is 0.428. The molecule has 1 aliphatic heterocycles. The molecule has 88 valence electrons. The molecule has 0 N–H and O–H groups in total. The number of halogens is 1. The number of benzene rings is 1. The molecule has 0 spiro atoms. The summed E-state index contributed by atoms with van der Waals surface area (Å²) in [7, 11) is -3.40. The highest BCUT2D eigenvalue weighted by Gasteiger charge is 2.31. The first kappa shape index (κ1) is 11.9. The van der Waals surface area contributed by atoms with Crippen molar-refractivity contribution < 1.29 is 8.42 Å². The largest absolute Gasteiger partial charge is 0.244 e. The van der Waals surface area contributed by atoms with Crippen LogP contribution in [0.15, 0.2) is 29.2 Å². The smallest absolute Gasteiger partial charge is 0.207 e. The Morgan fingerprint density at radius 2 is 2.06 bits per heavy atom. The van der Waals surface area contributed by atoms with Gasteiger partial charge in [0.05, 0.1) is 5.02 Å². The van der Waals surface area contributed by atoms with E-state index in [1.807, 2.05) is 0 Å². The molecule has 0 amide bonds. The predicted octanol–water partition coefficient (Wildman–Crippen LogP) is 2.37. The summed E-state index contributed by atoms with van der Waals surface area (Å²) in [6.07, 6.45) is 0.920. The van der Waals surface area contributed by atoms with Crippen molar-refractivity contribution in [1.82, 2.24) is 4.31 Å². The first-order chi connectivity index (χ1) is 7.51. The number of rotatable bonds is 2. The topological polar surface area (TPSA) is 37.4 Å². The zero-order valence-corrected chi connectivity index (χ0v) is 10.6. The number of nitrogens with zero attached hydrogens (tertiary/aromatic N) is 1. The van der Waals surface area contributed by atoms with Crippen LogP contribution >= 0.6 is 11.6 Å². The highest BCUT2D eigenvalue weighted by molar-refractivity contribution is 7.89. The van der Waals surface area contributed by atoms with Crippen molar-refractivity contribution in [1.29, 1.82) is 0 Å². The summed E-state index contributed by atoms with van der Waals surface area (Å²) < 4.78 is 26.0. The van der Waals surface area contributed by atoms with Crippen LogP contribution < -0.4 is 0 Å². The van der Waals surface area contributed by atoms with Gasteiger partial charge in [0.1, 0.15) is 4.90 Å². The van der Waals surface area contributed by atoms with Gasteiger partial charge < -0.3 is 0 Å². The van der Waals surface area contributed by atoms with E-state index >= 15 is 0 Å². The molecule has 1 aliphatic rings. The second-order valence-electron chi connectivity index (χ2n) is 4.19. The fourth-order valence-electron chi connectivity index (χ4n) is 1.91. The quantitative estimate of drug-likeness (QED) is 0.818. The summed E-state index contributed by atoms with van der Waals surface area (Å²) in [5.41, 5.74) is 0. The molecule has 1 fully saturated rings. The van der Waals surface area contributed by atoms with Gasteiger partial charge in [0.2, 0.25) is 10.0 Å². The van der Waals surface area contributed by atoms with E-state index in [1.54, 1.807) is 24.3 Å². The first-order valence-electron chi connectivity index (χ1n) is 5.26. The lowest BCUT2D eigenvalue weighted by molar-refractivity contribution is 0.464. The Morgan fingerprint density at radius 1 is 1.38 bits per heavy atom. The third-order valence-corrected chi connectivity index (χ3v) is 5.21. The third-order valence-electron chi connectivity index (χ3n) is 2.84. The lowest BCUT2D eigenvalue weighted by Crippen LogP contribution is -2.28. The van der Waals surface area contributed by atoms with E-state index in [9.17, 15) is 8.42 Å². The van der Waals surface area contributed by atoms with Crippen LogP contribution in [0.4, 0.5) is 0 Å². The van der Waals surface area contributed by atoms with Crippen LogP contribution in [0.3, 0.4) is 0 Å². The molecule has 1 heterocycles. The number of hydrogen-bond acceptors (Lipinski definition) is 2. The maximum Gasteiger partial charge on any atom is 0.244 e. The summed E-state index contributed by atoms with van der Waals surface area (Å²) in [6, 6.07) is 6.58. The molecule has 1 saturated heterocycles. The van der Waals surface area contributed by atoms with E-state index in [1.165, 1.54) is 4.31 Å². The van der Waals surface area contributed by atoms with Gasteiger partial charge in [-0.1, -0.05) is 30.7 Å². The maximum absolute atomic E-state index is 12.2. The predicted molar refractivity (Wildman–Crippen MR) is 64.0 cm³/mol. The molecule has 0 bridgehead atoms. The molecule has 16 heavy (non-hydrogen) atoms. The summed E-state index contributed by atoms with van der Waals surface area (Å²) >= 11 is 5.92. The Kier molecular flexibility index (Phi) is 3.24. The van der Waals surface area contributed by atoms with Gasteiger partial charge in [-0.3, -0.25) is 0 Å². The van der Waals surface area contributed by atoms with E-state index in [0.717, 1.165) is 6.42 Å². The first-order valence-corrected chi connectivity index (χ1v) is 7.08. The fourth-order valence-corrected chi connectivity index (χ4v) is 3.97. The van der Waals surface area contributed by atoms with Crippen molar-refractivity contribution in [2.75, 3.05) is 13.1 Å². The molecule has 0 radical (unpaired) electrons. The molecular weight excluding hydrogens is 246 g/mol. The van der Waals surface area contributed by atoms with Crippen molar-refractivity contribution >= 4 is 21.6 Å². The van der Waals surface area contributed by atoms with Crippen molar-refractivity contribution in [3.63, 3.8) is 0 Å². The Balaban J connectivity index is 2.36. The average Bonchev–Trinajstić information content (AvgIpc) is 2.66. The van der Waals surface area contributed by atoms with E-state index < -0.39 is 10.0 Å². The third kappa shape index (κ3) is 2.10. The van der Waals surface area contributed by atoms with Crippen LogP contribution in [0.1, 0.15) is 13.3 Å². The van der Waals surface area contributed by atoms with Gasteiger partial charge in [-0.05, 0) is 24.5 Å². The van der Waals surface area contributed by atoms with Crippen molar-refractivity contribution in [3.8, 4) is 0 Å². The van der Waals surface area contributed by atoms with Gasteiger partial charge in [-0.25, -0.2) is 8.42 Å². The standard InChI is InChI=1S/C11H14ClNO2S/c1-9-6-7-13(8-9)16(14,15)11-5-3-2-4-10(11)12/h2-5,9H,6-8H2,1H3. The number of hydrogen-bond donors (Lipinski definition) is 0. The highest BCUT2D eigenvalue weighted by atomic mass is 35.5. The van der Waals surface area contributed by atoms with Gasteiger partial charge >= 0.3 is 0 Å². The van der Waals surface area contributed by atoms with E-state index in [-0.39, 0.29) is 4.90 Å². The molecular formula is C11H14ClNO2S. The van der Waals surface area contributed by atoms with E-state index in [0.29, 0.717) is 24.0 Å². The fraction of sp³-hybridized carbons (Fsp3) is 0.455. The zero-order chi connectivity index (χ0) is 11.8. The van der Waals surface area contributed by atoms with Gasteiger partial charge in [-0.15, -0.1) is 0 Å². The molecule has 0 aromatic heterocycles. The maximum atomic E-state index is 12.2. The average molecular weight is 260 g/mol. The van der Waals surface area contributed by atoms with Gasteiger partial charge in [0.15, 0.2) is 0 Å². The normalized spacial score (nSPS) is 22.5. The number of sulfonamides is 1. The molecule has 1 atom stereocenters. The summed E-state index contributed by atoms with van der Waals surface area (Å²) in [6.45, 7) is 3.24. The second-order valence-corrected chi connectivity index (χ2v) is 6.50. The molecule has 1 unspecified atom stereocenters. The Labute approximate surface area is 101 Å². The van der Waals surface area contributed by atoms with Gasteiger partial charge in [-0.2, -0.15) is 4.31 Å². The lowest BCUT2D eigenvalue weighted by Gasteiger charge is -2.16. The molecule has 2 rings (SSSR count). The van der Waals surface area contributed by atoms with Crippen molar-refractivity contribution in [2.24, 2.45) is 5.92 Å². The molecule has 0 aliphatic carbocycles. The van der Waals surface area contributed by atoms with Crippen LogP contribution in [0.25, 0.3) is 0 Å². The van der Waals surface area contributed by atoms with Gasteiger partial charge in [0.25, 0.3) is 0 Å². The van der Waals surface area contributed by atoms with Crippen LogP contribution in [-0.4, -0.2) is 25.8 Å². The molecule has 3 nitrogen and oxygen atoms in total. The van der Waals surface area contributed by atoms with Crippen LogP contribution in [0.2, 0.25) is 5.02 Å². The molecule has 0 saturated carbocycles. The Bertz CT molecular complexity index is 487. The second kappa shape index (κ2) is 4.35. The minimum Gasteiger partial charge on any atom is -0.207 e. The van der Waals surface area contributed by atoms with Gasteiger partial charge in [0, 0.05) is 13.1 Å². The molecule has 1 aromatic carbocycles. The minimum atomic E-state index is -3.40. The zero-order valence-electron chi connectivity index (χ0n) is 9.06. The summed E-state index contributed by atoms with van der Waals surface area (Å²) in [4.78, 5) is 0.214. The highest BCUT2D eigenvalue weighted by Crippen LogP contribution is 2.28. The molecule has 1 aromatic rings. The van der Waals surface area contributed by atoms with Crippen molar-refractivity contribution in [2.45, 2.75) is 18.2 Å². The summed E-state index contributed by atoms with van der Waals surface area (Å²) in [5, 5.41) is 0.294. The monoisotopic (exact) mass is 259 g/mol. The van der Waals surface area contributed by atoms with Crippen LogP contribution in [0, 0.1) is 5.92 Å². The molecule has 5 heteroatoms.